The molecular formula is C30H30FN3O5S. The molecule has 2 aliphatic carbocycles. The molecule has 0 saturated heterocycles. The highest BCUT2D eigenvalue weighted by molar-refractivity contribution is 7.71. The van der Waals surface area contributed by atoms with Crippen molar-refractivity contribution in [3.8, 4) is 11.4 Å². The van der Waals surface area contributed by atoms with Gasteiger partial charge in [-0.3, -0.25) is 4.79 Å². The summed E-state index contributed by atoms with van der Waals surface area (Å²) >= 11 is 5.86. The van der Waals surface area contributed by atoms with Gasteiger partial charge in [-0.15, -0.1) is 0 Å². The number of cyclic esters (lactones) is 1. The molecule has 4 aliphatic rings. The molecule has 1 saturated carbocycles. The minimum Gasteiger partial charge on any atom is -0.458 e. The van der Waals surface area contributed by atoms with Crippen LogP contribution in [-0.4, -0.2) is 37.7 Å². The first kappa shape index (κ1) is 25.7. The van der Waals surface area contributed by atoms with E-state index in [1.54, 1.807) is 19.9 Å². The number of nitrogens with zero attached hydrogens (tertiary/aromatic N) is 2. The first-order valence-electron chi connectivity index (χ1n) is 13.9. The summed E-state index contributed by atoms with van der Waals surface area (Å²) in [7, 11) is 0. The third kappa shape index (κ3) is 3.62. The lowest BCUT2D eigenvalue weighted by Crippen LogP contribution is -2.41. The first-order valence-corrected chi connectivity index (χ1v) is 14.3. The van der Waals surface area contributed by atoms with E-state index in [0.29, 0.717) is 70.0 Å². The maximum atomic E-state index is 15.1. The van der Waals surface area contributed by atoms with Crippen molar-refractivity contribution in [2.45, 2.75) is 83.3 Å². The van der Waals surface area contributed by atoms with Gasteiger partial charge in [0, 0.05) is 28.1 Å². The lowest BCUT2D eigenvalue weighted by Gasteiger charge is -2.32. The molecule has 1 aromatic carbocycles. The summed E-state index contributed by atoms with van der Waals surface area (Å²) in [5.74, 6) is -1.05. The van der Waals surface area contributed by atoms with Crippen LogP contribution in [0.2, 0.25) is 0 Å². The van der Waals surface area contributed by atoms with Crippen LogP contribution in [0.25, 0.3) is 22.3 Å². The molecule has 2 aliphatic heterocycles. The Labute approximate surface area is 235 Å². The summed E-state index contributed by atoms with van der Waals surface area (Å²) < 4.78 is 22.7. The number of hydrogen-bond acceptors (Lipinski definition) is 7. The molecule has 1 amide bonds. The van der Waals surface area contributed by atoms with E-state index in [2.05, 4.69) is 5.32 Å². The van der Waals surface area contributed by atoms with Crippen LogP contribution in [0.4, 0.5) is 4.39 Å². The fourth-order valence-electron chi connectivity index (χ4n) is 6.74. The Hall–Kier alpha value is -3.21. The molecule has 3 aromatic rings. The number of aliphatic hydroxyl groups is 2. The summed E-state index contributed by atoms with van der Waals surface area (Å²) in [6.45, 7) is 3.82. The van der Waals surface area contributed by atoms with Gasteiger partial charge in [-0.05, 0) is 61.3 Å². The summed E-state index contributed by atoms with van der Waals surface area (Å²) in [6.07, 6.45) is 2.70. The van der Waals surface area contributed by atoms with Gasteiger partial charge in [0.25, 0.3) is 0 Å². The fraction of sp³-hybridized carbons (Fsp3) is 0.467. The average Bonchev–Trinajstić information content (AvgIpc) is 3.68. The summed E-state index contributed by atoms with van der Waals surface area (Å²) in [5.41, 5.74) is 4.05. The van der Waals surface area contributed by atoms with E-state index in [9.17, 15) is 19.8 Å². The second kappa shape index (κ2) is 8.89. The molecule has 1 fully saturated rings. The van der Waals surface area contributed by atoms with E-state index in [1.165, 1.54) is 6.07 Å². The van der Waals surface area contributed by atoms with Crippen LogP contribution in [0.5, 0.6) is 0 Å². The van der Waals surface area contributed by atoms with Gasteiger partial charge in [0.1, 0.15) is 23.2 Å². The van der Waals surface area contributed by atoms with Crippen LogP contribution in [-0.2, 0) is 39.5 Å². The Morgan fingerprint density at radius 2 is 2.08 bits per heavy atom. The smallest absolute Gasteiger partial charge is 0.343 e. The largest absolute Gasteiger partial charge is 0.458 e. The number of rotatable bonds is 5. The van der Waals surface area contributed by atoms with Crippen LogP contribution in [0, 0.1) is 23.3 Å². The molecule has 208 valence electrons. The van der Waals surface area contributed by atoms with Crippen molar-refractivity contribution in [3.63, 3.8) is 0 Å². The number of nitrogens with one attached hydrogen (secondary N) is 1. The third-order valence-corrected chi connectivity index (χ3v) is 9.72. The van der Waals surface area contributed by atoms with Crippen molar-refractivity contribution in [1.82, 2.24) is 14.9 Å². The Balaban J connectivity index is 1.42. The van der Waals surface area contributed by atoms with Crippen molar-refractivity contribution >= 4 is 35.0 Å². The molecule has 8 nitrogen and oxygen atoms in total. The van der Waals surface area contributed by atoms with Crippen LogP contribution < -0.4 is 5.32 Å². The number of esters is 1. The highest BCUT2D eigenvalue weighted by atomic mass is 32.1. The van der Waals surface area contributed by atoms with E-state index in [1.807, 2.05) is 4.57 Å². The Morgan fingerprint density at radius 1 is 1.30 bits per heavy atom. The van der Waals surface area contributed by atoms with E-state index in [0.717, 1.165) is 34.9 Å². The van der Waals surface area contributed by atoms with Crippen LogP contribution in [0.1, 0.15) is 78.5 Å². The molecule has 3 atom stereocenters. The van der Waals surface area contributed by atoms with E-state index < -0.39 is 29.6 Å². The zero-order valence-corrected chi connectivity index (χ0v) is 23.2. The molecule has 1 unspecified atom stereocenters. The van der Waals surface area contributed by atoms with Crippen LogP contribution in [0.15, 0.2) is 12.1 Å². The maximum Gasteiger partial charge on any atom is 0.343 e. The summed E-state index contributed by atoms with van der Waals surface area (Å²) in [4.78, 5) is 30.6. The monoisotopic (exact) mass is 563 g/mol. The lowest BCUT2D eigenvalue weighted by atomic mass is 9.81. The van der Waals surface area contributed by atoms with Crippen LogP contribution in [0.3, 0.4) is 0 Å². The number of carbonyl (C=O) groups excluding carboxylic acids is 2. The van der Waals surface area contributed by atoms with Crippen molar-refractivity contribution < 1.29 is 28.9 Å². The van der Waals surface area contributed by atoms with E-state index >= 15 is 4.39 Å². The maximum absolute atomic E-state index is 15.1. The van der Waals surface area contributed by atoms with Crippen LogP contribution >= 0.6 is 12.2 Å². The number of ether oxygens (including phenoxy) is 1. The quantitative estimate of drug-likeness (QED) is 0.247. The molecule has 40 heavy (non-hydrogen) atoms. The predicted octanol–water partition coefficient (Wildman–Crippen LogP) is 4.16. The number of hydrogen-bond donors (Lipinski definition) is 3. The van der Waals surface area contributed by atoms with E-state index in [-0.39, 0.29) is 18.8 Å². The van der Waals surface area contributed by atoms with Crippen molar-refractivity contribution in [2.24, 2.45) is 5.92 Å². The zero-order valence-electron chi connectivity index (χ0n) is 22.3. The topological polar surface area (TPSA) is 114 Å². The third-order valence-electron chi connectivity index (χ3n) is 9.25. The normalized spacial score (nSPS) is 23.3. The Morgan fingerprint density at radius 3 is 2.80 bits per heavy atom. The molecule has 7 rings (SSSR count). The number of amides is 1. The minimum atomic E-state index is -1.82. The predicted molar refractivity (Wildman–Crippen MR) is 146 cm³/mol. The molecule has 0 radical (unpaired) electrons. The molecule has 2 aromatic heterocycles. The number of aliphatic hydroxyl groups excluding tert-OH is 1. The highest BCUT2D eigenvalue weighted by Crippen LogP contribution is 2.47. The SMILES string of the molecule is CC[C@@]1(O)C(=O)OCc2c1cc1n(c2=S)Cc2c-1nc1cc(F)c(C)c3c1c2[C@H](NC(=O)C(O)CC1CC1)CC3. The lowest BCUT2D eigenvalue weighted by molar-refractivity contribution is -0.172. The highest BCUT2D eigenvalue weighted by Gasteiger charge is 2.45. The number of carbonyl (C=O) groups is 2. The number of aryl methyl sites for hydroxylation is 1. The van der Waals surface area contributed by atoms with E-state index in [4.69, 9.17) is 21.9 Å². The minimum absolute atomic E-state index is 0.0275. The molecule has 0 bridgehead atoms. The van der Waals surface area contributed by atoms with Gasteiger partial charge in [0.15, 0.2) is 5.60 Å². The van der Waals surface area contributed by atoms with Crippen molar-refractivity contribution in [2.75, 3.05) is 0 Å². The second-order valence-electron chi connectivity index (χ2n) is 11.6. The average molecular weight is 564 g/mol. The van der Waals surface area contributed by atoms with Gasteiger partial charge >= 0.3 is 5.97 Å². The number of halogens is 1. The number of aromatic nitrogens is 2. The number of pyridine rings is 2. The Kier molecular flexibility index (Phi) is 5.72. The van der Waals surface area contributed by atoms with Gasteiger partial charge in [0.05, 0.1) is 29.5 Å². The van der Waals surface area contributed by atoms with Crippen molar-refractivity contribution in [3.05, 3.63) is 56.0 Å². The summed E-state index contributed by atoms with van der Waals surface area (Å²) in [6, 6.07) is 2.79. The van der Waals surface area contributed by atoms with Gasteiger partial charge in [-0.25, -0.2) is 14.2 Å². The van der Waals surface area contributed by atoms with Crippen molar-refractivity contribution in [1.29, 1.82) is 0 Å². The Bertz CT molecular complexity index is 1710. The standard InChI is InChI=1S/C30H30FN3O5S/c1-3-30(38)18-9-22-26-16(11-34(22)28(40)17(18)12-39-29(30)37)25-20(33-27(36)23(35)8-14-4-5-14)7-6-15-13(2)19(31)10-21(32-26)24(15)25/h9-10,14,20,23,35,38H,3-8,11-12H2,1-2H3,(H,33,36)/t20-,23?,30+/m1/s1. The fourth-order valence-corrected chi connectivity index (χ4v) is 7.08. The zero-order chi connectivity index (χ0) is 28.1. The van der Waals surface area contributed by atoms with Gasteiger partial charge < -0.3 is 24.8 Å². The summed E-state index contributed by atoms with van der Waals surface area (Å²) in [5, 5.41) is 25.8. The molecular weight excluding hydrogens is 533 g/mol. The first-order chi connectivity index (χ1) is 19.1. The number of benzene rings is 1. The molecule has 3 N–H and O–H groups in total. The van der Waals surface area contributed by atoms with Gasteiger partial charge in [0.2, 0.25) is 5.91 Å². The number of fused-ring (bicyclic) bond motifs is 5. The molecule has 4 heterocycles. The second-order valence-corrected chi connectivity index (χ2v) is 12.0. The van der Waals surface area contributed by atoms with Gasteiger partial charge in [-0.2, -0.15) is 0 Å². The molecule has 0 spiro atoms. The molecule has 10 heteroatoms. The van der Waals surface area contributed by atoms with Gasteiger partial charge in [-0.1, -0.05) is 32.0 Å².